The van der Waals surface area contributed by atoms with E-state index in [1.807, 2.05) is 12.1 Å². The van der Waals surface area contributed by atoms with Gasteiger partial charge in [-0.1, -0.05) is 15.9 Å². The number of carbonyl (C=O) groups excluding carboxylic acids is 1. The standard InChI is InChI=1S/C10H8BrNOS/c11-6-1-2-8-7(5-6)12-9(13)10(14-8)3-4-10/h1-2,5H,3-4H2,(H,12,13). The third-order valence-corrected chi connectivity index (χ3v) is 4.67. The molecule has 1 spiro atoms. The van der Waals surface area contributed by atoms with Crippen LogP contribution in [0.3, 0.4) is 0 Å². The Balaban J connectivity index is 2.06. The normalized spacial score (nSPS) is 21.6. The van der Waals surface area contributed by atoms with Crippen molar-refractivity contribution in [1.29, 1.82) is 0 Å². The molecule has 0 aromatic heterocycles. The molecule has 1 aliphatic carbocycles. The molecule has 0 atom stereocenters. The van der Waals surface area contributed by atoms with Crippen molar-refractivity contribution < 1.29 is 4.79 Å². The van der Waals surface area contributed by atoms with Crippen LogP contribution in [0.25, 0.3) is 0 Å². The number of hydrogen-bond donors (Lipinski definition) is 1. The molecular weight excluding hydrogens is 262 g/mol. The second-order valence-corrected chi connectivity index (χ2v) is 6.03. The van der Waals surface area contributed by atoms with E-state index >= 15 is 0 Å². The van der Waals surface area contributed by atoms with E-state index < -0.39 is 0 Å². The van der Waals surface area contributed by atoms with Crippen molar-refractivity contribution in [3.05, 3.63) is 22.7 Å². The number of fused-ring (bicyclic) bond motifs is 1. The van der Waals surface area contributed by atoms with Crippen molar-refractivity contribution in [2.24, 2.45) is 0 Å². The third kappa shape index (κ3) is 1.21. The van der Waals surface area contributed by atoms with E-state index in [0.29, 0.717) is 0 Å². The van der Waals surface area contributed by atoms with E-state index in [1.165, 1.54) is 4.90 Å². The summed E-state index contributed by atoms with van der Waals surface area (Å²) < 4.78 is 0.879. The predicted octanol–water partition coefficient (Wildman–Crippen LogP) is 3.03. The summed E-state index contributed by atoms with van der Waals surface area (Å²) in [5.41, 5.74) is 0.937. The molecule has 72 valence electrons. The molecule has 2 aliphatic rings. The predicted molar refractivity (Wildman–Crippen MR) is 60.6 cm³/mol. The molecule has 1 aromatic carbocycles. The summed E-state index contributed by atoms with van der Waals surface area (Å²) in [6.07, 6.45) is 2.03. The molecule has 1 N–H and O–H groups in total. The molecule has 1 heterocycles. The first-order valence-corrected chi connectivity index (χ1v) is 6.11. The van der Waals surface area contributed by atoms with Crippen LogP contribution >= 0.6 is 27.7 Å². The molecule has 1 aromatic rings. The minimum absolute atomic E-state index is 0.124. The van der Waals surface area contributed by atoms with Crippen LogP contribution in [0.5, 0.6) is 0 Å². The fourth-order valence-electron chi connectivity index (χ4n) is 1.62. The highest BCUT2D eigenvalue weighted by Crippen LogP contribution is 2.56. The second kappa shape index (κ2) is 2.76. The van der Waals surface area contributed by atoms with E-state index in [-0.39, 0.29) is 10.7 Å². The van der Waals surface area contributed by atoms with Crippen LogP contribution < -0.4 is 5.32 Å². The number of halogens is 1. The zero-order chi connectivity index (χ0) is 9.76. The van der Waals surface area contributed by atoms with Crippen LogP contribution in [0, 0.1) is 0 Å². The number of benzene rings is 1. The Hall–Kier alpha value is -0.480. The smallest absolute Gasteiger partial charge is 0.241 e. The van der Waals surface area contributed by atoms with Gasteiger partial charge in [-0.3, -0.25) is 4.79 Å². The zero-order valence-electron chi connectivity index (χ0n) is 7.34. The van der Waals surface area contributed by atoms with Gasteiger partial charge in [0.1, 0.15) is 0 Å². The number of rotatable bonds is 0. The van der Waals surface area contributed by atoms with Gasteiger partial charge >= 0.3 is 0 Å². The summed E-state index contributed by atoms with van der Waals surface area (Å²) >= 11 is 5.10. The van der Waals surface area contributed by atoms with Crippen LogP contribution in [0.4, 0.5) is 5.69 Å². The number of amides is 1. The first-order chi connectivity index (χ1) is 6.70. The Morgan fingerprint density at radius 2 is 2.21 bits per heavy atom. The number of nitrogens with one attached hydrogen (secondary N) is 1. The molecule has 4 heteroatoms. The van der Waals surface area contributed by atoms with Gasteiger partial charge in [-0.2, -0.15) is 0 Å². The molecule has 0 saturated heterocycles. The van der Waals surface area contributed by atoms with E-state index in [1.54, 1.807) is 11.8 Å². The molecule has 1 fully saturated rings. The fourth-order valence-corrected chi connectivity index (χ4v) is 3.21. The van der Waals surface area contributed by atoms with Gasteiger partial charge in [-0.15, -0.1) is 11.8 Å². The molecular formula is C10H8BrNOS. The van der Waals surface area contributed by atoms with Crippen LogP contribution in [0.1, 0.15) is 12.8 Å². The Bertz CT molecular complexity index is 428. The maximum Gasteiger partial charge on any atom is 0.241 e. The third-order valence-electron chi connectivity index (χ3n) is 2.61. The van der Waals surface area contributed by atoms with Crippen molar-refractivity contribution in [2.45, 2.75) is 22.5 Å². The van der Waals surface area contributed by atoms with Gasteiger partial charge in [0.15, 0.2) is 0 Å². The summed E-state index contributed by atoms with van der Waals surface area (Å²) in [6.45, 7) is 0. The van der Waals surface area contributed by atoms with E-state index in [9.17, 15) is 4.79 Å². The highest BCUT2D eigenvalue weighted by atomic mass is 79.9. The molecule has 14 heavy (non-hydrogen) atoms. The minimum atomic E-state index is -0.124. The summed E-state index contributed by atoms with van der Waals surface area (Å²) in [6, 6.07) is 6.03. The van der Waals surface area contributed by atoms with Gasteiger partial charge in [0, 0.05) is 9.37 Å². The fraction of sp³-hybridized carbons (Fsp3) is 0.300. The van der Waals surface area contributed by atoms with Crippen molar-refractivity contribution in [1.82, 2.24) is 0 Å². The average molecular weight is 270 g/mol. The van der Waals surface area contributed by atoms with Crippen molar-refractivity contribution in [2.75, 3.05) is 5.32 Å². The maximum absolute atomic E-state index is 11.7. The van der Waals surface area contributed by atoms with Gasteiger partial charge in [0.05, 0.1) is 10.4 Å². The van der Waals surface area contributed by atoms with Gasteiger partial charge < -0.3 is 5.32 Å². The monoisotopic (exact) mass is 269 g/mol. The van der Waals surface area contributed by atoms with Gasteiger partial charge in [-0.05, 0) is 31.0 Å². The number of thioether (sulfide) groups is 1. The molecule has 1 amide bonds. The highest BCUT2D eigenvalue weighted by molar-refractivity contribution is 9.10. The molecule has 0 bridgehead atoms. The lowest BCUT2D eigenvalue weighted by atomic mass is 10.3. The van der Waals surface area contributed by atoms with E-state index in [2.05, 4.69) is 27.3 Å². The first-order valence-electron chi connectivity index (χ1n) is 4.50. The van der Waals surface area contributed by atoms with Crippen molar-refractivity contribution in [3.63, 3.8) is 0 Å². The molecule has 3 rings (SSSR count). The Morgan fingerprint density at radius 3 is 2.93 bits per heavy atom. The lowest BCUT2D eigenvalue weighted by molar-refractivity contribution is -0.116. The Morgan fingerprint density at radius 1 is 1.43 bits per heavy atom. The number of hydrogen-bond acceptors (Lipinski definition) is 2. The average Bonchev–Trinajstić information content (AvgIpc) is 2.89. The largest absolute Gasteiger partial charge is 0.324 e. The lowest BCUT2D eigenvalue weighted by Gasteiger charge is -2.23. The summed E-state index contributed by atoms with van der Waals surface area (Å²) in [7, 11) is 0. The topological polar surface area (TPSA) is 29.1 Å². The van der Waals surface area contributed by atoms with Gasteiger partial charge in [0.2, 0.25) is 5.91 Å². The highest BCUT2D eigenvalue weighted by Gasteiger charge is 2.53. The molecule has 1 aliphatic heterocycles. The summed E-state index contributed by atoms with van der Waals surface area (Å²) in [5.74, 6) is 0.174. The molecule has 2 nitrogen and oxygen atoms in total. The summed E-state index contributed by atoms with van der Waals surface area (Å²) in [4.78, 5) is 12.9. The van der Waals surface area contributed by atoms with E-state index in [0.717, 1.165) is 23.0 Å². The van der Waals surface area contributed by atoms with Crippen LogP contribution in [0.2, 0.25) is 0 Å². The van der Waals surface area contributed by atoms with Crippen molar-refractivity contribution >= 4 is 39.3 Å². The number of anilines is 1. The van der Waals surface area contributed by atoms with E-state index in [4.69, 9.17) is 0 Å². The Kier molecular flexibility index (Phi) is 1.74. The summed E-state index contributed by atoms with van der Waals surface area (Å²) in [5, 5.41) is 2.96. The SMILES string of the molecule is O=C1Nc2cc(Br)ccc2SC12CC2. The minimum Gasteiger partial charge on any atom is -0.324 e. The second-order valence-electron chi connectivity index (χ2n) is 3.69. The van der Waals surface area contributed by atoms with Crippen LogP contribution in [-0.4, -0.2) is 10.7 Å². The Labute approximate surface area is 94.6 Å². The van der Waals surface area contributed by atoms with Gasteiger partial charge in [-0.25, -0.2) is 0 Å². The molecule has 0 radical (unpaired) electrons. The molecule has 1 saturated carbocycles. The molecule has 0 unspecified atom stereocenters. The zero-order valence-corrected chi connectivity index (χ0v) is 9.74. The first kappa shape index (κ1) is 8.80. The van der Waals surface area contributed by atoms with Crippen LogP contribution in [-0.2, 0) is 4.79 Å². The maximum atomic E-state index is 11.7. The number of carbonyl (C=O) groups is 1. The van der Waals surface area contributed by atoms with Crippen molar-refractivity contribution in [3.8, 4) is 0 Å². The van der Waals surface area contributed by atoms with Crippen LogP contribution in [0.15, 0.2) is 27.6 Å². The van der Waals surface area contributed by atoms with Gasteiger partial charge in [0.25, 0.3) is 0 Å². The lowest BCUT2D eigenvalue weighted by Crippen LogP contribution is -2.30. The quantitative estimate of drug-likeness (QED) is 0.785.